The maximum Gasteiger partial charge on any atom is 0.329 e. The highest BCUT2D eigenvalue weighted by molar-refractivity contribution is 5.87. The predicted octanol–water partition coefficient (Wildman–Crippen LogP) is 1.93. The molecule has 1 aromatic rings. The Morgan fingerprint density at radius 1 is 1.48 bits per heavy atom. The number of hydrogen-bond acceptors (Lipinski definition) is 3. The average molecular weight is 291 g/mol. The number of nitrogens with one attached hydrogen (secondary N) is 1. The van der Waals surface area contributed by atoms with Gasteiger partial charge in [0.05, 0.1) is 0 Å². The van der Waals surface area contributed by atoms with Crippen LogP contribution in [0.3, 0.4) is 0 Å². The lowest BCUT2D eigenvalue weighted by Gasteiger charge is -2.33. The van der Waals surface area contributed by atoms with Gasteiger partial charge in [0, 0.05) is 25.0 Å². The minimum Gasteiger partial charge on any atom is -0.479 e. The molecule has 1 atom stereocenters. The molecule has 0 radical (unpaired) electrons. The van der Waals surface area contributed by atoms with E-state index >= 15 is 0 Å². The van der Waals surface area contributed by atoms with Crippen LogP contribution in [-0.4, -0.2) is 39.1 Å². The summed E-state index contributed by atoms with van der Waals surface area (Å²) in [6.07, 6.45) is 3.36. The van der Waals surface area contributed by atoms with Gasteiger partial charge in [-0.05, 0) is 37.8 Å². The molecule has 2 heterocycles. The Balaban J connectivity index is 2.02. The molecule has 1 saturated heterocycles. The van der Waals surface area contributed by atoms with Crippen LogP contribution in [0.5, 0.6) is 0 Å². The van der Waals surface area contributed by atoms with Crippen molar-refractivity contribution in [2.45, 2.75) is 45.2 Å². The number of likely N-dealkylation sites (tertiary alicyclic amines) is 1. The highest BCUT2D eigenvalue weighted by atomic mass is 16.4. The smallest absolute Gasteiger partial charge is 0.329 e. The second-order valence-electron chi connectivity index (χ2n) is 5.41. The van der Waals surface area contributed by atoms with Crippen molar-refractivity contribution < 1.29 is 14.7 Å². The molecule has 21 heavy (non-hydrogen) atoms. The molecule has 2 N–H and O–H groups in total. The van der Waals surface area contributed by atoms with Crippen molar-refractivity contribution in [2.24, 2.45) is 0 Å². The summed E-state index contributed by atoms with van der Waals surface area (Å²) < 4.78 is 0. The summed E-state index contributed by atoms with van der Waals surface area (Å²) in [5.41, 5.74) is 0.751. The van der Waals surface area contributed by atoms with Crippen LogP contribution in [0, 0.1) is 6.92 Å². The van der Waals surface area contributed by atoms with E-state index < -0.39 is 11.5 Å². The van der Waals surface area contributed by atoms with Gasteiger partial charge in [-0.15, -0.1) is 0 Å². The molecule has 1 unspecified atom stereocenters. The molecule has 1 aromatic heterocycles. The third kappa shape index (κ3) is 2.99. The van der Waals surface area contributed by atoms with E-state index in [-0.39, 0.29) is 6.03 Å². The Morgan fingerprint density at radius 2 is 2.24 bits per heavy atom. The van der Waals surface area contributed by atoms with Crippen LogP contribution < -0.4 is 5.32 Å². The monoisotopic (exact) mass is 291 g/mol. The van der Waals surface area contributed by atoms with Crippen molar-refractivity contribution in [3.8, 4) is 0 Å². The number of carbonyl (C=O) groups excluding carboxylic acids is 1. The molecule has 6 heteroatoms. The number of aromatic nitrogens is 1. The Kier molecular flexibility index (Phi) is 4.45. The van der Waals surface area contributed by atoms with Crippen LogP contribution in [0.15, 0.2) is 18.3 Å². The molecule has 114 valence electrons. The summed E-state index contributed by atoms with van der Waals surface area (Å²) in [4.78, 5) is 29.5. The van der Waals surface area contributed by atoms with Crippen LogP contribution in [0.4, 0.5) is 4.79 Å². The SMILES string of the molecule is CCC1(C(=O)O)CCCN1C(=O)NCc1ccc(C)nc1. The summed E-state index contributed by atoms with van der Waals surface area (Å²) in [7, 11) is 0. The van der Waals surface area contributed by atoms with Gasteiger partial charge < -0.3 is 15.3 Å². The van der Waals surface area contributed by atoms with Crippen LogP contribution in [0.25, 0.3) is 0 Å². The Hall–Kier alpha value is -2.11. The lowest BCUT2D eigenvalue weighted by atomic mass is 9.93. The first kappa shape index (κ1) is 15.3. The Labute approximate surface area is 124 Å². The average Bonchev–Trinajstić information content (AvgIpc) is 2.91. The van der Waals surface area contributed by atoms with Gasteiger partial charge in [0.2, 0.25) is 0 Å². The van der Waals surface area contributed by atoms with Crippen LogP contribution in [-0.2, 0) is 11.3 Å². The molecule has 2 rings (SSSR count). The maximum absolute atomic E-state index is 12.3. The van der Waals surface area contributed by atoms with Gasteiger partial charge in [0.15, 0.2) is 0 Å². The lowest BCUT2D eigenvalue weighted by Crippen LogP contribution is -2.55. The van der Waals surface area contributed by atoms with Gasteiger partial charge in [0.25, 0.3) is 0 Å². The van der Waals surface area contributed by atoms with Crippen LogP contribution in [0.2, 0.25) is 0 Å². The van der Waals surface area contributed by atoms with Crippen molar-refractivity contribution >= 4 is 12.0 Å². The van der Waals surface area contributed by atoms with E-state index in [1.54, 1.807) is 6.20 Å². The number of aryl methyl sites for hydroxylation is 1. The first-order valence-electron chi connectivity index (χ1n) is 7.20. The normalized spacial score (nSPS) is 21.3. The topological polar surface area (TPSA) is 82.5 Å². The zero-order chi connectivity index (χ0) is 15.5. The first-order valence-corrected chi connectivity index (χ1v) is 7.20. The molecule has 1 fully saturated rings. The third-order valence-corrected chi connectivity index (χ3v) is 4.13. The molecule has 0 bridgehead atoms. The molecule has 0 saturated carbocycles. The fraction of sp³-hybridized carbons (Fsp3) is 0.533. The van der Waals surface area contributed by atoms with E-state index in [4.69, 9.17) is 0 Å². The Morgan fingerprint density at radius 3 is 2.81 bits per heavy atom. The number of urea groups is 1. The van der Waals surface area contributed by atoms with Crippen molar-refractivity contribution in [3.05, 3.63) is 29.6 Å². The second kappa shape index (κ2) is 6.11. The third-order valence-electron chi connectivity index (χ3n) is 4.13. The van der Waals surface area contributed by atoms with E-state index in [1.807, 2.05) is 26.0 Å². The van der Waals surface area contributed by atoms with Crippen molar-refractivity contribution in [1.29, 1.82) is 0 Å². The van der Waals surface area contributed by atoms with Gasteiger partial charge in [-0.3, -0.25) is 4.98 Å². The minimum atomic E-state index is -1.06. The first-order chi connectivity index (χ1) is 9.99. The van der Waals surface area contributed by atoms with Gasteiger partial charge >= 0.3 is 12.0 Å². The van der Waals surface area contributed by atoms with E-state index in [0.717, 1.165) is 17.7 Å². The number of carbonyl (C=O) groups is 2. The Bertz CT molecular complexity index is 529. The second-order valence-corrected chi connectivity index (χ2v) is 5.41. The number of carboxylic acid groups (broad SMARTS) is 1. The molecule has 6 nitrogen and oxygen atoms in total. The highest BCUT2D eigenvalue weighted by Gasteiger charge is 2.48. The summed E-state index contributed by atoms with van der Waals surface area (Å²) in [5, 5.41) is 12.3. The number of rotatable bonds is 4. The quantitative estimate of drug-likeness (QED) is 0.888. The van der Waals surface area contributed by atoms with E-state index in [2.05, 4.69) is 10.3 Å². The van der Waals surface area contributed by atoms with E-state index in [0.29, 0.717) is 25.9 Å². The summed E-state index contributed by atoms with van der Waals surface area (Å²) in [6.45, 7) is 4.54. The van der Waals surface area contributed by atoms with Crippen LogP contribution in [0.1, 0.15) is 37.4 Å². The zero-order valence-corrected chi connectivity index (χ0v) is 12.4. The van der Waals surface area contributed by atoms with Crippen molar-refractivity contribution in [2.75, 3.05) is 6.54 Å². The van der Waals surface area contributed by atoms with Gasteiger partial charge in [0.1, 0.15) is 5.54 Å². The lowest BCUT2D eigenvalue weighted by molar-refractivity contribution is -0.148. The van der Waals surface area contributed by atoms with Gasteiger partial charge in [-0.25, -0.2) is 9.59 Å². The number of nitrogens with zero attached hydrogens (tertiary/aromatic N) is 2. The molecule has 0 aromatic carbocycles. The molecule has 1 aliphatic rings. The maximum atomic E-state index is 12.3. The van der Waals surface area contributed by atoms with Crippen LogP contribution >= 0.6 is 0 Å². The highest BCUT2D eigenvalue weighted by Crippen LogP contribution is 2.32. The minimum absolute atomic E-state index is 0.322. The zero-order valence-electron chi connectivity index (χ0n) is 12.4. The van der Waals surface area contributed by atoms with E-state index in [1.165, 1.54) is 4.90 Å². The fourth-order valence-electron chi connectivity index (χ4n) is 2.79. The van der Waals surface area contributed by atoms with Crippen molar-refractivity contribution in [3.63, 3.8) is 0 Å². The molecule has 0 aliphatic carbocycles. The molecular weight excluding hydrogens is 270 g/mol. The van der Waals surface area contributed by atoms with Gasteiger partial charge in [-0.1, -0.05) is 13.0 Å². The van der Waals surface area contributed by atoms with Crippen molar-refractivity contribution in [1.82, 2.24) is 15.2 Å². The number of carboxylic acids is 1. The largest absolute Gasteiger partial charge is 0.479 e. The standard InChI is InChI=1S/C15H21N3O3/c1-3-15(13(19)20)7-4-8-18(15)14(21)17-10-12-6-5-11(2)16-9-12/h5-6,9H,3-4,7-8,10H2,1-2H3,(H,17,21)(H,19,20). The summed E-state index contributed by atoms with van der Waals surface area (Å²) in [5.74, 6) is -0.922. The number of amides is 2. The number of pyridine rings is 1. The summed E-state index contributed by atoms with van der Waals surface area (Å²) >= 11 is 0. The molecule has 1 aliphatic heterocycles. The number of hydrogen-bond donors (Lipinski definition) is 2. The van der Waals surface area contributed by atoms with Gasteiger partial charge in [-0.2, -0.15) is 0 Å². The van der Waals surface area contributed by atoms with E-state index in [9.17, 15) is 14.7 Å². The summed E-state index contributed by atoms with van der Waals surface area (Å²) in [6, 6.07) is 3.46. The molecule has 0 spiro atoms. The fourth-order valence-corrected chi connectivity index (χ4v) is 2.79. The number of aliphatic carboxylic acids is 1. The molecule has 2 amide bonds. The molecular formula is C15H21N3O3. The predicted molar refractivity (Wildman–Crippen MR) is 77.8 cm³/mol.